The van der Waals surface area contributed by atoms with Crippen molar-refractivity contribution in [1.82, 2.24) is 19.9 Å². The van der Waals surface area contributed by atoms with Gasteiger partial charge in [-0.15, -0.1) is 0 Å². The molecule has 0 aliphatic carbocycles. The Hall–Kier alpha value is -2.41. The molecule has 2 aromatic rings. The molecule has 1 aromatic carbocycles. The van der Waals surface area contributed by atoms with Crippen LogP contribution in [0.5, 0.6) is 0 Å². The molecular weight excluding hydrogens is 404 g/mol. The maximum absolute atomic E-state index is 13.1. The molecule has 0 bridgehead atoms. The second-order valence-corrected chi connectivity index (χ2v) is 9.07. The SMILES string of the molecule is CCN(CC(=O)N1CCCCC1c1nc(-c2cccc(Cl)c2)no1)C(=O)C(C)(C)C. The highest BCUT2D eigenvalue weighted by atomic mass is 35.5. The first-order chi connectivity index (χ1) is 14.2. The van der Waals surface area contributed by atoms with Gasteiger partial charge in [-0.1, -0.05) is 49.7 Å². The lowest BCUT2D eigenvalue weighted by molar-refractivity contribution is -0.147. The van der Waals surface area contributed by atoms with Crippen molar-refractivity contribution in [2.75, 3.05) is 19.6 Å². The van der Waals surface area contributed by atoms with Gasteiger partial charge in [0.15, 0.2) is 0 Å². The minimum atomic E-state index is -0.532. The second kappa shape index (κ2) is 9.16. The topological polar surface area (TPSA) is 79.5 Å². The van der Waals surface area contributed by atoms with Crippen LogP contribution in [0.15, 0.2) is 28.8 Å². The van der Waals surface area contributed by atoms with E-state index in [0.29, 0.717) is 29.8 Å². The number of halogens is 1. The molecule has 1 unspecified atom stereocenters. The van der Waals surface area contributed by atoms with Gasteiger partial charge in [0.25, 0.3) is 0 Å². The fourth-order valence-electron chi connectivity index (χ4n) is 3.66. The standard InChI is InChI=1S/C22H29ClN4O3/c1-5-26(21(29)22(2,3)4)14-18(28)27-12-7-6-11-17(27)20-24-19(25-30-20)15-9-8-10-16(23)13-15/h8-10,13,17H,5-7,11-12,14H2,1-4H3. The Morgan fingerprint density at radius 2 is 2.07 bits per heavy atom. The Morgan fingerprint density at radius 3 is 2.73 bits per heavy atom. The summed E-state index contributed by atoms with van der Waals surface area (Å²) in [6, 6.07) is 6.97. The van der Waals surface area contributed by atoms with Crippen molar-refractivity contribution in [2.45, 2.75) is 53.0 Å². The first-order valence-electron chi connectivity index (χ1n) is 10.4. The molecule has 3 rings (SSSR count). The Kier molecular flexibility index (Phi) is 6.81. The van der Waals surface area contributed by atoms with Gasteiger partial charge in [-0.2, -0.15) is 4.98 Å². The molecule has 2 heterocycles. The van der Waals surface area contributed by atoms with Crippen LogP contribution in [0.25, 0.3) is 11.4 Å². The van der Waals surface area contributed by atoms with Crippen molar-refractivity contribution in [2.24, 2.45) is 5.41 Å². The number of likely N-dealkylation sites (tertiary alicyclic amines) is 1. The average Bonchev–Trinajstić information content (AvgIpc) is 3.21. The van der Waals surface area contributed by atoms with E-state index in [-0.39, 0.29) is 24.4 Å². The third kappa shape index (κ3) is 5.01. The lowest BCUT2D eigenvalue weighted by Crippen LogP contribution is -2.48. The highest BCUT2D eigenvalue weighted by molar-refractivity contribution is 6.30. The first kappa shape index (κ1) is 22.3. The summed E-state index contributed by atoms with van der Waals surface area (Å²) in [5, 5.41) is 4.68. The third-order valence-electron chi connectivity index (χ3n) is 5.27. The summed E-state index contributed by atoms with van der Waals surface area (Å²) in [7, 11) is 0. The molecule has 0 radical (unpaired) electrons. The minimum absolute atomic E-state index is 0.0343. The van der Waals surface area contributed by atoms with Crippen molar-refractivity contribution in [3.8, 4) is 11.4 Å². The van der Waals surface area contributed by atoms with E-state index in [1.165, 1.54) is 0 Å². The molecule has 2 amide bonds. The molecule has 1 atom stereocenters. The molecule has 1 fully saturated rings. The highest BCUT2D eigenvalue weighted by Gasteiger charge is 2.35. The Bertz CT molecular complexity index is 906. The van der Waals surface area contributed by atoms with Gasteiger partial charge in [-0.05, 0) is 38.3 Å². The van der Waals surface area contributed by atoms with Crippen LogP contribution in [-0.4, -0.2) is 51.4 Å². The molecule has 7 nitrogen and oxygen atoms in total. The number of amides is 2. The third-order valence-corrected chi connectivity index (χ3v) is 5.50. The van der Waals surface area contributed by atoms with E-state index in [9.17, 15) is 9.59 Å². The number of carbonyl (C=O) groups is 2. The predicted octanol–water partition coefficient (Wildman–Crippen LogP) is 4.34. The van der Waals surface area contributed by atoms with E-state index in [4.69, 9.17) is 16.1 Å². The van der Waals surface area contributed by atoms with Gasteiger partial charge in [0.05, 0.1) is 6.54 Å². The number of carbonyl (C=O) groups excluding carboxylic acids is 2. The molecule has 1 aromatic heterocycles. The van der Waals surface area contributed by atoms with E-state index in [1.54, 1.807) is 21.9 Å². The number of nitrogens with zero attached hydrogens (tertiary/aromatic N) is 4. The van der Waals surface area contributed by atoms with Gasteiger partial charge < -0.3 is 14.3 Å². The normalized spacial score (nSPS) is 17.1. The van der Waals surface area contributed by atoms with Crippen molar-refractivity contribution < 1.29 is 14.1 Å². The van der Waals surface area contributed by atoms with Gasteiger partial charge in [0.2, 0.25) is 23.5 Å². The largest absolute Gasteiger partial charge is 0.337 e. The first-order valence-corrected chi connectivity index (χ1v) is 10.8. The van der Waals surface area contributed by atoms with E-state index in [0.717, 1.165) is 24.8 Å². The van der Waals surface area contributed by atoms with Gasteiger partial charge in [-0.3, -0.25) is 9.59 Å². The molecule has 1 aliphatic rings. The van der Waals surface area contributed by atoms with Crippen LogP contribution in [0, 0.1) is 5.41 Å². The van der Waals surface area contributed by atoms with Gasteiger partial charge in [0, 0.05) is 29.1 Å². The van der Waals surface area contributed by atoms with Crippen LogP contribution in [0.4, 0.5) is 0 Å². The summed E-state index contributed by atoms with van der Waals surface area (Å²) in [5.41, 5.74) is 0.231. The Balaban J connectivity index is 1.78. The lowest BCUT2D eigenvalue weighted by Gasteiger charge is -2.36. The number of hydrogen-bond acceptors (Lipinski definition) is 5. The number of aromatic nitrogens is 2. The smallest absolute Gasteiger partial charge is 0.249 e. The van der Waals surface area contributed by atoms with Crippen LogP contribution in [0.1, 0.15) is 58.9 Å². The summed E-state index contributed by atoms with van der Waals surface area (Å²) in [6.45, 7) is 8.63. The van der Waals surface area contributed by atoms with Crippen LogP contribution >= 0.6 is 11.6 Å². The summed E-state index contributed by atoms with van der Waals surface area (Å²) < 4.78 is 5.53. The monoisotopic (exact) mass is 432 g/mol. The maximum atomic E-state index is 13.1. The van der Waals surface area contributed by atoms with Gasteiger partial charge in [-0.25, -0.2) is 0 Å². The number of likely N-dealkylation sites (N-methyl/N-ethyl adjacent to an activating group) is 1. The molecule has 0 N–H and O–H groups in total. The number of benzene rings is 1. The minimum Gasteiger partial charge on any atom is -0.337 e. The summed E-state index contributed by atoms with van der Waals surface area (Å²) >= 11 is 6.06. The van der Waals surface area contributed by atoms with Gasteiger partial charge in [0.1, 0.15) is 6.04 Å². The molecular formula is C22H29ClN4O3. The summed E-state index contributed by atoms with van der Waals surface area (Å²) in [6.07, 6.45) is 2.64. The molecule has 8 heteroatoms. The molecule has 30 heavy (non-hydrogen) atoms. The summed E-state index contributed by atoms with van der Waals surface area (Å²) in [4.78, 5) is 33.7. The Morgan fingerprint density at radius 1 is 1.30 bits per heavy atom. The number of rotatable bonds is 5. The number of piperidine rings is 1. The van der Waals surface area contributed by atoms with Crippen molar-refractivity contribution in [3.05, 3.63) is 35.2 Å². The lowest BCUT2D eigenvalue weighted by atomic mass is 9.94. The van der Waals surface area contributed by atoms with E-state index in [1.807, 2.05) is 39.8 Å². The van der Waals surface area contributed by atoms with Crippen LogP contribution in [0.2, 0.25) is 5.02 Å². The number of hydrogen-bond donors (Lipinski definition) is 0. The van der Waals surface area contributed by atoms with Crippen LogP contribution in [-0.2, 0) is 9.59 Å². The fourth-order valence-corrected chi connectivity index (χ4v) is 3.85. The Labute approximate surface area is 182 Å². The maximum Gasteiger partial charge on any atom is 0.249 e. The molecule has 0 saturated carbocycles. The fraction of sp³-hybridized carbons (Fsp3) is 0.545. The van der Waals surface area contributed by atoms with E-state index >= 15 is 0 Å². The van der Waals surface area contributed by atoms with Crippen LogP contribution in [0.3, 0.4) is 0 Å². The molecule has 1 aliphatic heterocycles. The zero-order valence-corrected chi connectivity index (χ0v) is 18.8. The zero-order chi connectivity index (χ0) is 21.9. The van der Waals surface area contributed by atoms with E-state index in [2.05, 4.69) is 10.1 Å². The molecule has 0 spiro atoms. The second-order valence-electron chi connectivity index (χ2n) is 8.63. The zero-order valence-electron chi connectivity index (χ0n) is 18.0. The highest BCUT2D eigenvalue weighted by Crippen LogP contribution is 2.32. The predicted molar refractivity (Wildman–Crippen MR) is 115 cm³/mol. The van der Waals surface area contributed by atoms with Crippen molar-refractivity contribution in [3.63, 3.8) is 0 Å². The molecule has 162 valence electrons. The van der Waals surface area contributed by atoms with E-state index < -0.39 is 5.41 Å². The summed E-state index contributed by atoms with van der Waals surface area (Å²) in [5.74, 6) is 0.737. The van der Waals surface area contributed by atoms with Crippen molar-refractivity contribution >= 4 is 23.4 Å². The quantitative estimate of drug-likeness (QED) is 0.702. The molecule has 1 saturated heterocycles. The van der Waals surface area contributed by atoms with Crippen LogP contribution < -0.4 is 0 Å². The van der Waals surface area contributed by atoms with Gasteiger partial charge >= 0.3 is 0 Å². The average molecular weight is 433 g/mol. The van der Waals surface area contributed by atoms with Crippen molar-refractivity contribution in [1.29, 1.82) is 0 Å².